The van der Waals surface area contributed by atoms with Crippen molar-refractivity contribution in [3.63, 3.8) is 0 Å². The van der Waals surface area contributed by atoms with Gasteiger partial charge in [-0.1, -0.05) is 51.7 Å². The summed E-state index contributed by atoms with van der Waals surface area (Å²) in [6.45, 7) is 5.30. The van der Waals surface area contributed by atoms with E-state index < -0.39 is 54.0 Å². The summed E-state index contributed by atoms with van der Waals surface area (Å²) in [4.78, 5) is 53.3. The quantitative estimate of drug-likeness (QED) is 0.104. The third-order valence-electron chi connectivity index (χ3n) is 8.49. The van der Waals surface area contributed by atoms with Crippen molar-refractivity contribution >= 4 is 29.8 Å². The number of likely N-dealkylation sites (N-methyl/N-ethyl adjacent to an activating group) is 1. The Morgan fingerprint density at radius 1 is 1.08 bits per heavy atom. The van der Waals surface area contributed by atoms with Crippen molar-refractivity contribution in [1.29, 1.82) is 0 Å². The first kappa shape index (κ1) is 38.9. The molecule has 1 aromatic carbocycles. The Balaban J connectivity index is 1.91. The standard InChI is InChI=1S/C36H53N3O9/c1-6-8-10-17-36(18-11-9-7-2)47-29-23-27(33(43)38-31(24(3)41)34(44)37-19-20-40)22-28(32(29)48-36)46-35(45)26-14-12-13-25(21-26)15-16-30(42)39(4)5/h12-16,21,23-24,28-29,31-32,40-41H,6-11,17-20,22H2,1-5H3,(H,37,44)(H,38,43). The van der Waals surface area contributed by atoms with E-state index in [1.165, 1.54) is 17.9 Å². The van der Waals surface area contributed by atoms with E-state index >= 15 is 0 Å². The maximum absolute atomic E-state index is 13.6. The number of carbonyl (C=O) groups excluding carboxylic acids is 4. The van der Waals surface area contributed by atoms with Gasteiger partial charge in [0.05, 0.1) is 18.3 Å². The van der Waals surface area contributed by atoms with E-state index in [-0.39, 0.29) is 36.6 Å². The lowest BCUT2D eigenvalue weighted by molar-refractivity contribution is -0.190. The fraction of sp³-hybridized carbons (Fsp3) is 0.611. The Labute approximate surface area is 283 Å². The van der Waals surface area contributed by atoms with Crippen molar-refractivity contribution in [3.8, 4) is 0 Å². The van der Waals surface area contributed by atoms with Crippen LogP contribution >= 0.6 is 0 Å². The molecule has 3 amide bonds. The number of fused-ring (bicyclic) bond motifs is 1. The minimum atomic E-state index is -1.28. The molecule has 0 aromatic heterocycles. The van der Waals surface area contributed by atoms with Crippen LogP contribution in [0.3, 0.4) is 0 Å². The fourth-order valence-electron chi connectivity index (χ4n) is 5.82. The summed E-state index contributed by atoms with van der Waals surface area (Å²) >= 11 is 0. The van der Waals surface area contributed by atoms with Gasteiger partial charge in [0, 0.05) is 51.6 Å². The van der Waals surface area contributed by atoms with Crippen LogP contribution in [0.4, 0.5) is 0 Å². The van der Waals surface area contributed by atoms with E-state index in [2.05, 4.69) is 24.5 Å². The lowest BCUT2D eigenvalue weighted by Gasteiger charge is -2.31. The third-order valence-corrected chi connectivity index (χ3v) is 8.49. The maximum atomic E-state index is 13.6. The molecule has 2 aliphatic rings. The first-order chi connectivity index (χ1) is 22.9. The number of hydrogen-bond acceptors (Lipinski definition) is 9. The second kappa shape index (κ2) is 18.8. The summed E-state index contributed by atoms with van der Waals surface area (Å²) in [6, 6.07) is 5.42. The number of amides is 3. The molecule has 1 aliphatic heterocycles. The van der Waals surface area contributed by atoms with Gasteiger partial charge < -0.3 is 40.0 Å². The van der Waals surface area contributed by atoms with Crippen LogP contribution in [0.2, 0.25) is 0 Å². The molecule has 12 nitrogen and oxygen atoms in total. The SMILES string of the molecule is CCCCCC1(CCCCC)OC2C=C(C(=O)NC(C(=O)NCCO)C(C)O)CC(OC(=O)c3cccc(C=CC(=O)N(C)C)c3)C2O1. The van der Waals surface area contributed by atoms with Crippen LogP contribution in [-0.2, 0) is 28.6 Å². The number of carbonyl (C=O) groups is 4. The smallest absolute Gasteiger partial charge is 0.338 e. The minimum absolute atomic E-state index is 0.0101. The van der Waals surface area contributed by atoms with Crippen LogP contribution in [0, 0.1) is 0 Å². The van der Waals surface area contributed by atoms with Gasteiger partial charge in [0.15, 0.2) is 5.79 Å². The molecule has 3 rings (SSSR count). The molecule has 5 atom stereocenters. The zero-order valence-corrected chi connectivity index (χ0v) is 28.9. The number of nitrogens with zero attached hydrogens (tertiary/aromatic N) is 1. The molecule has 0 saturated carbocycles. The van der Waals surface area contributed by atoms with Gasteiger partial charge in [0.1, 0.15) is 24.4 Å². The van der Waals surface area contributed by atoms with E-state index in [1.807, 2.05) is 0 Å². The first-order valence-electron chi connectivity index (χ1n) is 17.1. The number of ether oxygens (including phenoxy) is 3. The van der Waals surface area contributed by atoms with Crippen LogP contribution in [-0.4, -0.2) is 102 Å². The predicted molar refractivity (Wildman–Crippen MR) is 181 cm³/mol. The molecular formula is C36H53N3O9. The summed E-state index contributed by atoms with van der Waals surface area (Å²) in [7, 11) is 3.29. The molecule has 48 heavy (non-hydrogen) atoms. The fourth-order valence-corrected chi connectivity index (χ4v) is 5.82. The molecule has 12 heteroatoms. The zero-order chi connectivity index (χ0) is 35.3. The number of aliphatic hydroxyl groups is 2. The summed E-state index contributed by atoms with van der Waals surface area (Å²) in [6.07, 6.45) is 8.35. The van der Waals surface area contributed by atoms with E-state index in [0.717, 1.165) is 38.5 Å². The highest BCUT2D eigenvalue weighted by atomic mass is 16.8. The van der Waals surface area contributed by atoms with E-state index in [0.29, 0.717) is 18.4 Å². The van der Waals surface area contributed by atoms with Gasteiger partial charge in [-0.15, -0.1) is 0 Å². The van der Waals surface area contributed by atoms with Crippen molar-refractivity contribution in [1.82, 2.24) is 15.5 Å². The maximum Gasteiger partial charge on any atom is 0.338 e. The number of benzene rings is 1. The molecule has 266 valence electrons. The molecule has 1 heterocycles. The number of aliphatic hydroxyl groups excluding tert-OH is 2. The molecule has 0 radical (unpaired) electrons. The average molecular weight is 672 g/mol. The Hall–Kier alpha value is -3.58. The Morgan fingerprint density at radius 3 is 2.38 bits per heavy atom. The first-order valence-corrected chi connectivity index (χ1v) is 17.1. The zero-order valence-electron chi connectivity index (χ0n) is 28.9. The lowest BCUT2D eigenvalue weighted by Crippen LogP contribution is -2.54. The van der Waals surface area contributed by atoms with Crippen LogP contribution in [0.15, 0.2) is 42.0 Å². The Kier molecular flexibility index (Phi) is 15.2. The van der Waals surface area contributed by atoms with Gasteiger partial charge >= 0.3 is 5.97 Å². The van der Waals surface area contributed by atoms with Crippen molar-refractivity contribution in [2.75, 3.05) is 27.2 Å². The average Bonchev–Trinajstić information content (AvgIpc) is 3.43. The lowest BCUT2D eigenvalue weighted by atomic mass is 9.91. The highest BCUT2D eigenvalue weighted by molar-refractivity contribution is 5.98. The molecule has 1 fully saturated rings. The Bertz CT molecular complexity index is 1300. The monoisotopic (exact) mass is 671 g/mol. The minimum Gasteiger partial charge on any atom is -0.456 e. The van der Waals surface area contributed by atoms with Gasteiger partial charge in [-0.2, -0.15) is 0 Å². The third kappa shape index (κ3) is 11.0. The van der Waals surface area contributed by atoms with Gasteiger partial charge in [0.25, 0.3) is 0 Å². The molecule has 1 saturated heterocycles. The molecule has 1 aromatic rings. The number of esters is 1. The summed E-state index contributed by atoms with van der Waals surface area (Å²) in [5, 5.41) is 24.4. The van der Waals surface area contributed by atoms with E-state index in [9.17, 15) is 24.3 Å². The van der Waals surface area contributed by atoms with Gasteiger partial charge in [-0.3, -0.25) is 14.4 Å². The summed E-state index contributed by atoms with van der Waals surface area (Å²) in [5.41, 5.74) is 1.13. The molecule has 0 spiro atoms. The highest BCUT2D eigenvalue weighted by Crippen LogP contribution is 2.43. The number of rotatable bonds is 18. The normalized spacial score (nSPS) is 21.1. The van der Waals surface area contributed by atoms with Gasteiger partial charge in [-0.25, -0.2) is 4.79 Å². The van der Waals surface area contributed by atoms with Crippen LogP contribution in [0.5, 0.6) is 0 Å². The summed E-state index contributed by atoms with van der Waals surface area (Å²) in [5.74, 6) is -2.98. The number of hydrogen-bond donors (Lipinski definition) is 4. The van der Waals surface area contributed by atoms with E-state index in [4.69, 9.17) is 19.3 Å². The molecule has 1 aliphatic carbocycles. The van der Waals surface area contributed by atoms with Crippen molar-refractivity contribution in [3.05, 3.63) is 53.1 Å². The topological polar surface area (TPSA) is 164 Å². The molecule has 5 unspecified atom stereocenters. The van der Waals surface area contributed by atoms with Crippen molar-refractivity contribution in [2.45, 2.75) is 115 Å². The number of unbranched alkanes of at least 4 members (excludes halogenated alkanes) is 4. The second-order valence-electron chi connectivity index (χ2n) is 12.7. The van der Waals surface area contributed by atoms with Crippen molar-refractivity contribution < 1.29 is 43.6 Å². The van der Waals surface area contributed by atoms with E-state index in [1.54, 1.807) is 50.5 Å². The van der Waals surface area contributed by atoms with Gasteiger partial charge in [0.2, 0.25) is 17.7 Å². The Morgan fingerprint density at radius 2 is 1.77 bits per heavy atom. The second-order valence-corrected chi connectivity index (χ2v) is 12.7. The molecular weight excluding hydrogens is 618 g/mol. The van der Waals surface area contributed by atoms with Gasteiger partial charge in [-0.05, 0) is 49.6 Å². The predicted octanol–water partition coefficient (Wildman–Crippen LogP) is 3.26. The van der Waals surface area contributed by atoms with Crippen LogP contribution in [0.25, 0.3) is 6.08 Å². The molecule has 4 N–H and O–H groups in total. The van der Waals surface area contributed by atoms with Crippen molar-refractivity contribution in [2.24, 2.45) is 0 Å². The largest absolute Gasteiger partial charge is 0.456 e. The van der Waals surface area contributed by atoms with Crippen LogP contribution < -0.4 is 10.6 Å². The van der Waals surface area contributed by atoms with Crippen LogP contribution in [0.1, 0.15) is 94.5 Å². The highest BCUT2D eigenvalue weighted by Gasteiger charge is 2.52. The number of nitrogens with one attached hydrogen (secondary N) is 2. The molecule has 0 bridgehead atoms. The summed E-state index contributed by atoms with van der Waals surface area (Å²) < 4.78 is 19.4.